The largest absolute Gasteiger partial charge is 0.442 e. The van der Waals surface area contributed by atoms with E-state index in [1.807, 2.05) is 17.0 Å². The molecule has 2 aliphatic heterocycles. The van der Waals surface area contributed by atoms with Crippen molar-refractivity contribution in [3.63, 3.8) is 0 Å². The van der Waals surface area contributed by atoms with E-state index in [9.17, 15) is 18.8 Å². The van der Waals surface area contributed by atoms with Gasteiger partial charge in [-0.1, -0.05) is 0 Å². The van der Waals surface area contributed by atoms with Gasteiger partial charge in [0.1, 0.15) is 11.9 Å². The molecule has 10 heteroatoms. The number of benzene rings is 1. The minimum Gasteiger partial charge on any atom is -0.442 e. The predicted molar refractivity (Wildman–Crippen MR) is 125 cm³/mol. The minimum absolute atomic E-state index is 0.0892. The van der Waals surface area contributed by atoms with Crippen LogP contribution in [0, 0.1) is 5.82 Å². The van der Waals surface area contributed by atoms with Gasteiger partial charge >= 0.3 is 6.09 Å². The van der Waals surface area contributed by atoms with Gasteiger partial charge in [-0.25, -0.2) is 9.18 Å². The van der Waals surface area contributed by atoms with E-state index >= 15 is 0 Å². The summed E-state index contributed by atoms with van der Waals surface area (Å²) < 4.78 is 20.2. The van der Waals surface area contributed by atoms with Gasteiger partial charge < -0.3 is 19.9 Å². The molecule has 0 spiro atoms. The Bertz CT molecular complexity index is 1090. The lowest BCUT2D eigenvalue weighted by atomic mass is 10.2. The van der Waals surface area contributed by atoms with Crippen LogP contribution >= 0.6 is 0 Å². The molecule has 1 aromatic carbocycles. The lowest BCUT2D eigenvalue weighted by Crippen LogP contribution is -2.48. The van der Waals surface area contributed by atoms with Crippen molar-refractivity contribution in [3.8, 4) is 0 Å². The first kappa shape index (κ1) is 23.2. The average Bonchev–Trinajstić information content (AvgIpc) is 3.22. The molecule has 0 aliphatic carbocycles. The van der Waals surface area contributed by atoms with Crippen LogP contribution in [-0.2, 0) is 14.3 Å². The van der Waals surface area contributed by atoms with Crippen molar-refractivity contribution in [2.24, 2.45) is 0 Å². The molecule has 34 heavy (non-hydrogen) atoms. The fourth-order valence-corrected chi connectivity index (χ4v) is 3.93. The van der Waals surface area contributed by atoms with Crippen LogP contribution in [0.4, 0.5) is 20.6 Å². The monoisotopic (exact) mass is 467 g/mol. The Morgan fingerprint density at radius 3 is 2.59 bits per heavy atom. The van der Waals surface area contributed by atoms with E-state index in [4.69, 9.17) is 4.74 Å². The van der Waals surface area contributed by atoms with Crippen molar-refractivity contribution in [3.05, 3.63) is 60.2 Å². The van der Waals surface area contributed by atoms with Gasteiger partial charge in [0.05, 0.1) is 24.5 Å². The summed E-state index contributed by atoms with van der Waals surface area (Å²) in [5.41, 5.74) is 1.71. The minimum atomic E-state index is -0.575. The third kappa shape index (κ3) is 5.51. The van der Waals surface area contributed by atoms with Crippen LogP contribution in [0.2, 0.25) is 0 Å². The lowest BCUT2D eigenvalue weighted by Gasteiger charge is -2.36. The Hall–Kier alpha value is -3.95. The zero-order valence-corrected chi connectivity index (χ0v) is 18.8. The number of ether oxygens (including phenoxy) is 1. The third-order valence-corrected chi connectivity index (χ3v) is 5.75. The van der Waals surface area contributed by atoms with Crippen LogP contribution in [-0.4, -0.2) is 73.2 Å². The van der Waals surface area contributed by atoms with Gasteiger partial charge in [0.15, 0.2) is 0 Å². The molecule has 0 bridgehead atoms. The van der Waals surface area contributed by atoms with Gasteiger partial charge in [0.25, 0.3) is 0 Å². The van der Waals surface area contributed by atoms with Crippen LogP contribution in [0.15, 0.2) is 48.8 Å². The molecule has 0 radical (unpaired) electrons. The lowest BCUT2D eigenvalue weighted by molar-refractivity contribution is -0.126. The second-order valence-corrected chi connectivity index (χ2v) is 8.12. The number of anilines is 2. The number of carbonyl (C=O) groups is 3. The van der Waals surface area contributed by atoms with Gasteiger partial charge in [-0.3, -0.25) is 19.5 Å². The SMILES string of the molecule is CC(=O)NC[C@H]1CN(c2ccc(N3CCN(C(=O)C=Cc4ccncc4)CC3)c(F)c2)C(=O)O1. The molecule has 9 nitrogen and oxygen atoms in total. The van der Waals surface area contributed by atoms with Gasteiger partial charge in [-0.05, 0) is 42.0 Å². The Kier molecular flexibility index (Phi) is 7.05. The van der Waals surface area contributed by atoms with Crippen molar-refractivity contribution in [2.45, 2.75) is 13.0 Å². The summed E-state index contributed by atoms with van der Waals surface area (Å²) in [7, 11) is 0. The quantitative estimate of drug-likeness (QED) is 0.654. The zero-order valence-electron chi connectivity index (χ0n) is 18.8. The molecule has 2 fully saturated rings. The number of halogens is 1. The number of hydrogen-bond donors (Lipinski definition) is 1. The Morgan fingerprint density at radius 2 is 1.91 bits per heavy atom. The molecule has 0 unspecified atom stereocenters. The normalized spacial score (nSPS) is 18.4. The number of hydrogen-bond acceptors (Lipinski definition) is 6. The van der Waals surface area contributed by atoms with Crippen LogP contribution in [0.1, 0.15) is 12.5 Å². The molecule has 1 aromatic heterocycles. The highest BCUT2D eigenvalue weighted by Gasteiger charge is 2.33. The smallest absolute Gasteiger partial charge is 0.414 e. The highest BCUT2D eigenvalue weighted by atomic mass is 19.1. The molecule has 2 saturated heterocycles. The summed E-state index contributed by atoms with van der Waals surface area (Å²) in [6.45, 7) is 3.77. The van der Waals surface area contributed by atoms with E-state index in [2.05, 4.69) is 10.3 Å². The van der Waals surface area contributed by atoms with E-state index in [0.717, 1.165) is 5.56 Å². The molecule has 0 saturated carbocycles. The number of rotatable bonds is 6. The number of pyridine rings is 1. The second-order valence-electron chi connectivity index (χ2n) is 8.12. The number of cyclic esters (lactones) is 1. The first-order valence-electron chi connectivity index (χ1n) is 11.0. The predicted octanol–water partition coefficient (Wildman–Crippen LogP) is 2.04. The first-order chi connectivity index (χ1) is 16.4. The maximum atomic E-state index is 15.0. The van der Waals surface area contributed by atoms with Gasteiger partial charge in [-0.15, -0.1) is 0 Å². The van der Waals surface area contributed by atoms with Crippen molar-refractivity contribution >= 4 is 35.4 Å². The van der Waals surface area contributed by atoms with E-state index in [-0.39, 0.29) is 24.9 Å². The van der Waals surface area contributed by atoms with E-state index in [0.29, 0.717) is 37.6 Å². The zero-order chi connectivity index (χ0) is 24.1. The molecule has 3 heterocycles. The van der Waals surface area contributed by atoms with Crippen molar-refractivity contribution in [1.82, 2.24) is 15.2 Å². The molecular formula is C24H26FN5O4. The average molecular weight is 468 g/mol. The van der Waals surface area contributed by atoms with Crippen molar-refractivity contribution in [2.75, 3.05) is 49.1 Å². The van der Waals surface area contributed by atoms with Crippen LogP contribution in [0.5, 0.6) is 0 Å². The van der Waals surface area contributed by atoms with E-state index in [1.54, 1.807) is 35.5 Å². The molecule has 2 aromatic rings. The summed E-state index contributed by atoms with van der Waals surface area (Å²) in [5, 5.41) is 2.61. The summed E-state index contributed by atoms with van der Waals surface area (Å²) in [5.74, 6) is -0.752. The Balaban J connectivity index is 1.33. The van der Waals surface area contributed by atoms with E-state index < -0.39 is 18.0 Å². The molecule has 3 amide bonds. The van der Waals surface area contributed by atoms with Crippen molar-refractivity contribution in [1.29, 1.82) is 0 Å². The first-order valence-corrected chi connectivity index (χ1v) is 11.0. The second kappa shape index (κ2) is 10.3. The summed E-state index contributed by atoms with van der Waals surface area (Å²) in [6, 6.07) is 8.26. The highest BCUT2D eigenvalue weighted by molar-refractivity contribution is 5.92. The summed E-state index contributed by atoms with van der Waals surface area (Å²) in [6.07, 6.45) is 5.55. The number of amides is 3. The molecule has 178 valence electrons. The number of aromatic nitrogens is 1. The molecule has 2 aliphatic rings. The standard InChI is InChI=1S/C24H26FN5O4/c1-17(31)27-15-20-16-30(24(33)34-20)19-3-4-22(21(25)14-19)28-10-12-29(13-11-28)23(32)5-2-18-6-8-26-9-7-18/h2-9,14,20H,10-13,15-16H2,1H3,(H,27,31)/t20-/m0/s1. The van der Waals surface area contributed by atoms with Crippen LogP contribution < -0.4 is 15.1 Å². The van der Waals surface area contributed by atoms with Crippen LogP contribution in [0.25, 0.3) is 6.08 Å². The maximum absolute atomic E-state index is 15.0. The number of carbonyl (C=O) groups excluding carboxylic acids is 3. The fraction of sp³-hybridized carbons (Fsp3) is 0.333. The molecule has 1 atom stereocenters. The number of nitrogens with one attached hydrogen (secondary N) is 1. The molecule has 4 rings (SSSR count). The molecular weight excluding hydrogens is 441 g/mol. The Labute approximate surface area is 196 Å². The topological polar surface area (TPSA) is 95.1 Å². The van der Waals surface area contributed by atoms with Crippen LogP contribution in [0.3, 0.4) is 0 Å². The number of nitrogens with zero attached hydrogens (tertiary/aromatic N) is 4. The third-order valence-electron chi connectivity index (χ3n) is 5.75. The Morgan fingerprint density at radius 1 is 1.18 bits per heavy atom. The number of piperazine rings is 1. The van der Waals surface area contributed by atoms with Gasteiger partial charge in [0, 0.05) is 51.6 Å². The summed E-state index contributed by atoms with van der Waals surface area (Å²) in [4.78, 5) is 44.6. The maximum Gasteiger partial charge on any atom is 0.414 e. The molecule has 1 N–H and O–H groups in total. The summed E-state index contributed by atoms with van der Waals surface area (Å²) >= 11 is 0. The van der Waals surface area contributed by atoms with Crippen molar-refractivity contribution < 1.29 is 23.5 Å². The van der Waals surface area contributed by atoms with E-state index in [1.165, 1.54) is 24.0 Å². The van der Waals surface area contributed by atoms with Gasteiger partial charge in [0.2, 0.25) is 11.8 Å². The highest BCUT2D eigenvalue weighted by Crippen LogP contribution is 2.28. The fourth-order valence-electron chi connectivity index (χ4n) is 3.93. The van der Waals surface area contributed by atoms with Gasteiger partial charge in [-0.2, -0.15) is 0 Å².